The maximum atomic E-state index is 12.0. The zero-order valence-electron chi connectivity index (χ0n) is 11.0. The topological polar surface area (TPSA) is 65.8 Å². The summed E-state index contributed by atoms with van der Waals surface area (Å²) in [5.41, 5.74) is 0.721. The summed E-state index contributed by atoms with van der Waals surface area (Å²) in [5, 5.41) is 13.1. The van der Waals surface area contributed by atoms with Crippen LogP contribution in [-0.2, 0) is 4.79 Å². The Labute approximate surface area is 126 Å². The lowest BCUT2D eigenvalue weighted by molar-refractivity contribution is -0.121. The molecule has 4 nitrogen and oxygen atoms in total. The molecule has 2 aromatic rings. The number of thiazole rings is 1. The van der Waals surface area contributed by atoms with E-state index >= 15 is 0 Å². The van der Waals surface area contributed by atoms with Gasteiger partial charge in [-0.25, -0.2) is 4.98 Å². The smallest absolute Gasteiger partial charge is 0.244 e. The SMILES string of the molecule is CCCCNC(=O)[C@H](C#N)c1nc2cc(Cl)ccc2s1. The highest BCUT2D eigenvalue weighted by molar-refractivity contribution is 7.18. The molecular weight excluding hydrogens is 294 g/mol. The Bertz CT molecular complexity index is 662. The summed E-state index contributed by atoms with van der Waals surface area (Å²) in [6, 6.07) is 7.38. The molecular formula is C14H14ClN3OS. The number of nitriles is 1. The van der Waals surface area contributed by atoms with E-state index < -0.39 is 5.92 Å². The predicted octanol–water partition coefficient (Wildman–Crippen LogP) is 3.47. The number of carbonyl (C=O) groups is 1. The molecule has 0 saturated carbocycles. The number of amides is 1. The third kappa shape index (κ3) is 3.27. The molecule has 2 rings (SSSR count). The van der Waals surface area contributed by atoms with Gasteiger partial charge in [0.05, 0.1) is 16.3 Å². The van der Waals surface area contributed by atoms with Gasteiger partial charge in [0.2, 0.25) is 5.91 Å². The lowest BCUT2D eigenvalue weighted by Gasteiger charge is -2.06. The number of aromatic nitrogens is 1. The van der Waals surface area contributed by atoms with Gasteiger partial charge in [-0.15, -0.1) is 11.3 Å². The number of hydrogen-bond acceptors (Lipinski definition) is 4. The largest absolute Gasteiger partial charge is 0.355 e. The summed E-state index contributed by atoms with van der Waals surface area (Å²) >= 11 is 7.26. The second kappa shape index (κ2) is 6.69. The molecule has 1 N–H and O–H groups in total. The minimum atomic E-state index is -0.858. The van der Waals surface area contributed by atoms with Crippen LogP contribution in [0, 0.1) is 11.3 Å². The van der Waals surface area contributed by atoms with Gasteiger partial charge in [-0.05, 0) is 24.6 Å². The fraction of sp³-hybridized carbons (Fsp3) is 0.357. The van der Waals surface area contributed by atoms with E-state index in [0.717, 1.165) is 23.1 Å². The van der Waals surface area contributed by atoms with E-state index in [1.54, 1.807) is 12.1 Å². The summed E-state index contributed by atoms with van der Waals surface area (Å²) < 4.78 is 0.922. The number of rotatable bonds is 5. The van der Waals surface area contributed by atoms with E-state index in [1.165, 1.54) is 11.3 Å². The molecule has 0 saturated heterocycles. The molecule has 0 aliphatic carbocycles. The van der Waals surface area contributed by atoms with Crippen LogP contribution in [0.1, 0.15) is 30.7 Å². The molecule has 104 valence electrons. The Morgan fingerprint density at radius 2 is 2.40 bits per heavy atom. The van der Waals surface area contributed by atoms with Gasteiger partial charge in [-0.2, -0.15) is 5.26 Å². The van der Waals surface area contributed by atoms with Crippen LogP contribution in [0.25, 0.3) is 10.2 Å². The van der Waals surface area contributed by atoms with E-state index in [0.29, 0.717) is 16.6 Å². The van der Waals surface area contributed by atoms with Crippen LogP contribution in [-0.4, -0.2) is 17.4 Å². The maximum absolute atomic E-state index is 12.0. The van der Waals surface area contributed by atoms with Crippen molar-refractivity contribution in [2.45, 2.75) is 25.7 Å². The Morgan fingerprint density at radius 1 is 1.60 bits per heavy atom. The third-order valence-electron chi connectivity index (χ3n) is 2.83. The summed E-state index contributed by atoms with van der Waals surface area (Å²) in [6.07, 6.45) is 1.90. The molecule has 1 amide bonds. The number of unbranched alkanes of at least 4 members (excludes halogenated alkanes) is 1. The fourth-order valence-electron chi connectivity index (χ4n) is 1.76. The van der Waals surface area contributed by atoms with Crippen molar-refractivity contribution in [3.63, 3.8) is 0 Å². The molecule has 1 atom stereocenters. The van der Waals surface area contributed by atoms with Crippen LogP contribution in [0.15, 0.2) is 18.2 Å². The van der Waals surface area contributed by atoms with Gasteiger partial charge in [0.1, 0.15) is 5.01 Å². The lowest BCUT2D eigenvalue weighted by atomic mass is 10.1. The monoisotopic (exact) mass is 307 g/mol. The average molecular weight is 308 g/mol. The molecule has 20 heavy (non-hydrogen) atoms. The fourth-order valence-corrected chi connectivity index (χ4v) is 2.92. The molecule has 1 aromatic heterocycles. The predicted molar refractivity (Wildman–Crippen MR) is 80.9 cm³/mol. The van der Waals surface area contributed by atoms with Crippen molar-refractivity contribution >= 4 is 39.1 Å². The number of fused-ring (bicyclic) bond motifs is 1. The molecule has 1 heterocycles. The summed E-state index contributed by atoms with van der Waals surface area (Å²) in [5.74, 6) is -1.14. The number of nitrogens with zero attached hydrogens (tertiary/aromatic N) is 2. The van der Waals surface area contributed by atoms with E-state index in [1.807, 2.05) is 19.1 Å². The van der Waals surface area contributed by atoms with Gasteiger partial charge in [-0.3, -0.25) is 4.79 Å². The molecule has 0 bridgehead atoms. The van der Waals surface area contributed by atoms with Crippen LogP contribution < -0.4 is 5.32 Å². The van der Waals surface area contributed by atoms with Crippen molar-refractivity contribution in [1.82, 2.24) is 10.3 Å². The van der Waals surface area contributed by atoms with E-state index in [2.05, 4.69) is 10.3 Å². The summed E-state index contributed by atoms with van der Waals surface area (Å²) in [4.78, 5) is 16.3. The lowest BCUT2D eigenvalue weighted by Crippen LogP contribution is -2.29. The molecule has 0 fully saturated rings. The second-order valence-electron chi connectivity index (χ2n) is 4.37. The standard InChI is InChI=1S/C14H14ClN3OS/c1-2-3-6-17-13(19)10(8-16)14-18-11-7-9(15)4-5-12(11)20-14/h4-5,7,10H,2-3,6H2,1H3,(H,17,19)/t10-/m0/s1. The number of benzene rings is 1. The zero-order chi connectivity index (χ0) is 14.5. The van der Waals surface area contributed by atoms with Crippen LogP contribution >= 0.6 is 22.9 Å². The maximum Gasteiger partial charge on any atom is 0.244 e. The van der Waals surface area contributed by atoms with Crippen molar-refractivity contribution in [2.75, 3.05) is 6.54 Å². The van der Waals surface area contributed by atoms with Crippen molar-refractivity contribution in [1.29, 1.82) is 5.26 Å². The van der Waals surface area contributed by atoms with Crippen LogP contribution in [0.4, 0.5) is 0 Å². The minimum absolute atomic E-state index is 0.286. The van der Waals surface area contributed by atoms with E-state index in [4.69, 9.17) is 11.6 Å². The Balaban J connectivity index is 2.21. The van der Waals surface area contributed by atoms with Crippen LogP contribution in [0.2, 0.25) is 5.02 Å². The Kier molecular flexibility index (Phi) is 4.94. The molecule has 6 heteroatoms. The Morgan fingerprint density at radius 3 is 3.10 bits per heavy atom. The Hall–Kier alpha value is -1.64. The van der Waals surface area contributed by atoms with Gasteiger partial charge in [0.15, 0.2) is 5.92 Å². The van der Waals surface area contributed by atoms with E-state index in [9.17, 15) is 10.1 Å². The highest BCUT2D eigenvalue weighted by Gasteiger charge is 2.23. The number of halogens is 1. The van der Waals surface area contributed by atoms with Gasteiger partial charge < -0.3 is 5.32 Å². The van der Waals surface area contributed by atoms with Crippen molar-refractivity contribution < 1.29 is 4.79 Å². The molecule has 1 aromatic carbocycles. The number of carbonyl (C=O) groups excluding carboxylic acids is 1. The molecule has 0 aliphatic heterocycles. The third-order valence-corrected chi connectivity index (χ3v) is 4.17. The van der Waals surface area contributed by atoms with Crippen LogP contribution in [0.3, 0.4) is 0 Å². The molecule has 0 radical (unpaired) electrons. The highest BCUT2D eigenvalue weighted by atomic mass is 35.5. The first-order valence-corrected chi connectivity index (χ1v) is 7.58. The quantitative estimate of drug-likeness (QED) is 0.860. The summed E-state index contributed by atoms with van der Waals surface area (Å²) in [7, 11) is 0. The molecule has 0 unspecified atom stereocenters. The molecule has 0 spiro atoms. The number of nitrogens with one attached hydrogen (secondary N) is 1. The van der Waals surface area contributed by atoms with Crippen LogP contribution in [0.5, 0.6) is 0 Å². The normalized spacial score (nSPS) is 12.1. The first kappa shape index (κ1) is 14.8. The first-order valence-electron chi connectivity index (χ1n) is 6.39. The minimum Gasteiger partial charge on any atom is -0.355 e. The highest BCUT2D eigenvalue weighted by Crippen LogP contribution is 2.29. The van der Waals surface area contributed by atoms with Gasteiger partial charge in [0.25, 0.3) is 0 Å². The van der Waals surface area contributed by atoms with Crippen molar-refractivity contribution in [2.24, 2.45) is 0 Å². The van der Waals surface area contributed by atoms with Gasteiger partial charge in [-0.1, -0.05) is 24.9 Å². The van der Waals surface area contributed by atoms with Gasteiger partial charge in [0, 0.05) is 11.6 Å². The van der Waals surface area contributed by atoms with Gasteiger partial charge >= 0.3 is 0 Å². The second-order valence-corrected chi connectivity index (χ2v) is 5.87. The van der Waals surface area contributed by atoms with Crippen molar-refractivity contribution in [3.05, 3.63) is 28.2 Å². The zero-order valence-corrected chi connectivity index (χ0v) is 12.6. The number of hydrogen-bond donors (Lipinski definition) is 1. The first-order chi connectivity index (χ1) is 9.65. The molecule has 0 aliphatic rings. The van der Waals surface area contributed by atoms with E-state index in [-0.39, 0.29) is 5.91 Å². The summed E-state index contributed by atoms with van der Waals surface area (Å²) in [6.45, 7) is 2.63. The van der Waals surface area contributed by atoms with Crippen molar-refractivity contribution in [3.8, 4) is 6.07 Å². The average Bonchev–Trinajstić information content (AvgIpc) is 2.82.